The van der Waals surface area contributed by atoms with Gasteiger partial charge in [0.1, 0.15) is 11.6 Å². The van der Waals surface area contributed by atoms with E-state index in [1.54, 1.807) is 66.6 Å². The molecule has 0 aliphatic rings. The molecule has 0 radical (unpaired) electrons. The molecule has 0 unspecified atom stereocenters. The van der Waals surface area contributed by atoms with Crippen molar-refractivity contribution in [3.63, 3.8) is 0 Å². The predicted molar refractivity (Wildman–Crippen MR) is 141 cm³/mol. The lowest BCUT2D eigenvalue weighted by atomic mass is 10.1. The second kappa shape index (κ2) is 11.0. The fraction of sp³-hybridized carbons (Fsp3) is 0.148. The van der Waals surface area contributed by atoms with Crippen molar-refractivity contribution in [3.8, 4) is 5.75 Å². The summed E-state index contributed by atoms with van der Waals surface area (Å²) in [6.07, 6.45) is 0. The van der Waals surface area contributed by atoms with E-state index in [1.807, 2.05) is 6.07 Å². The van der Waals surface area contributed by atoms with Crippen molar-refractivity contribution in [1.82, 2.24) is 9.88 Å². The van der Waals surface area contributed by atoms with Gasteiger partial charge < -0.3 is 24.7 Å². The first-order valence-electron chi connectivity index (χ1n) is 11.1. The molecule has 0 amide bonds. The number of benzene rings is 3. The van der Waals surface area contributed by atoms with Gasteiger partial charge in [0.15, 0.2) is 5.11 Å². The topological polar surface area (TPSA) is 83.7 Å². The number of aromatic amines is 1. The van der Waals surface area contributed by atoms with Crippen molar-refractivity contribution in [2.24, 2.45) is 0 Å². The average Bonchev–Trinajstić information content (AvgIpc) is 2.89. The van der Waals surface area contributed by atoms with Gasteiger partial charge in [-0.15, -0.1) is 0 Å². The third-order valence-corrected chi connectivity index (χ3v) is 6.00. The summed E-state index contributed by atoms with van der Waals surface area (Å²) < 4.78 is 23.7. The number of ether oxygens (including phenoxy) is 2. The molecule has 36 heavy (non-hydrogen) atoms. The number of carbonyl (C=O) groups excluding carboxylic acids is 1. The van der Waals surface area contributed by atoms with Crippen LogP contribution in [-0.4, -0.2) is 35.2 Å². The molecule has 3 aromatic carbocycles. The number of H-pyrrole nitrogens is 1. The van der Waals surface area contributed by atoms with Crippen LogP contribution in [0.5, 0.6) is 5.75 Å². The van der Waals surface area contributed by atoms with E-state index < -0.39 is 5.97 Å². The van der Waals surface area contributed by atoms with E-state index in [9.17, 15) is 14.0 Å². The van der Waals surface area contributed by atoms with Crippen LogP contribution in [0.15, 0.2) is 77.6 Å². The van der Waals surface area contributed by atoms with Crippen LogP contribution in [0, 0.1) is 5.82 Å². The lowest BCUT2D eigenvalue weighted by Gasteiger charge is -2.26. The number of rotatable bonds is 7. The molecule has 4 aromatic rings. The van der Waals surface area contributed by atoms with Gasteiger partial charge in [0.05, 0.1) is 32.0 Å². The Morgan fingerprint density at radius 2 is 1.78 bits per heavy atom. The molecule has 0 saturated carbocycles. The first kappa shape index (κ1) is 24.9. The summed E-state index contributed by atoms with van der Waals surface area (Å²) in [4.78, 5) is 29.8. The maximum absolute atomic E-state index is 13.5. The Hall–Kier alpha value is -4.24. The highest BCUT2D eigenvalue weighted by molar-refractivity contribution is 7.80. The Morgan fingerprint density at radius 1 is 1.03 bits per heavy atom. The minimum Gasteiger partial charge on any atom is -0.497 e. The summed E-state index contributed by atoms with van der Waals surface area (Å²) in [5.41, 5.74) is 2.48. The van der Waals surface area contributed by atoms with E-state index in [4.69, 9.17) is 21.7 Å². The van der Waals surface area contributed by atoms with E-state index >= 15 is 0 Å². The lowest BCUT2D eigenvalue weighted by molar-refractivity contribution is 0.0602. The molecule has 0 aliphatic carbocycles. The quantitative estimate of drug-likeness (QED) is 0.274. The number of halogens is 1. The number of methoxy groups -OCH3 is 2. The fourth-order valence-corrected chi connectivity index (χ4v) is 4.00. The molecule has 2 N–H and O–H groups in total. The summed E-state index contributed by atoms with van der Waals surface area (Å²) in [5.74, 6) is -0.191. The second-order valence-corrected chi connectivity index (χ2v) is 8.41. The molecule has 0 aliphatic heterocycles. The first-order chi connectivity index (χ1) is 17.4. The van der Waals surface area contributed by atoms with Gasteiger partial charge in [0.25, 0.3) is 5.56 Å². The smallest absolute Gasteiger partial charge is 0.339 e. The normalized spacial score (nSPS) is 10.6. The third kappa shape index (κ3) is 5.69. The van der Waals surface area contributed by atoms with Crippen molar-refractivity contribution in [2.45, 2.75) is 13.1 Å². The number of nitrogens with one attached hydrogen (secondary N) is 2. The number of hydrogen-bond acceptors (Lipinski definition) is 5. The molecule has 7 nitrogen and oxygen atoms in total. The maximum atomic E-state index is 13.5. The fourth-order valence-electron chi connectivity index (χ4n) is 3.76. The van der Waals surface area contributed by atoms with Crippen LogP contribution in [0.1, 0.15) is 21.5 Å². The lowest BCUT2D eigenvalue weighted by Crippen LogP contribution is -2.36. The second-order valence-electron chi connectivity index (χ2n) is 8.03. The highest BCUT2D eigenvalue weighted by Gasteiger charge is 2.18. The Kier molecular flexibility index (Phi) is 7.60. The van der Waals surface area contributed by atoms with E-state index in [0.717, 1.165) is 10.9 Å². The van der Waals surface area contributed by atoms with Gasteiger partial charge in [0, 0.05) is 23.0 Å². The molecule has 0 bridgehead atoms. The largest absolute Gasteiger partial charge is 0.497 e. The number of fused-ring (bicyclic) bond motifs is 1. The van der Waals surface area contributed by atoms with Gasteiger partial charge >= 0.3 is 5.97 Å². The number of para-hydroxylation sites is 1. The minimum atomic E-state index is -0.508. The van der Waals surface area contributed by atoms with E-state index in [2.05, 4.69) is 10.3 Å². The van der Waals surface area contributed by atoms with Crippen LogP contribution in [0.3, 0.4) is 0 Å². The summed E-state index contributed by atoms with van der Waals surface area (Å²) in [6, 6.07) is 20.1. The molecule has 0 spiro atoms. The number of nitrogens with zero attached hydrogens (tertiary/aromatic N) is 1. The highest BCUT2D eigenvalue weighted by atomic mass is 32.1. The summed E-state index contributed by atoms with van der Waals surface area (Å²) in [6.45, 7) is 0.453. The monoisotopic (exact) mass is 505 g/mol. The Morgan fingerprint density at radius 3 is 2.50 bits per heavy atom. The van der Waals surface area contributed by atoms with Crippen LogP contribution in [-0.2, 0) is 17.8 Å². The van der Waals surface area contributed by atoms with Crippen LogP contribution < -0.4 is 15.6 Å². The standard InChI is InChI=1S/C27H24FN3O4S/c1-34-21-11-12-23-18(14-21)13-19(25(32)29-23)16-31(15-17-7-9-20(28)10-8-17)27(36)30-24-6-4-3-5-22(24)26(33)35-2/h3-14H,15-16H2,1-2H3,(H,29,32)(H,30,36). The van der Waals surface area contributed by atoms with Crippen LogP contribution in [0.4, 0.5) is 10.1 Å². The molecule has 4 rings (SSSR count). The molecular formula is C27H24FN3O4S. The van der Waals surface area contributed by atoms with Gasteiger partial charge in [-0.2, -0.15) is 0 Å². The predicted octanol–water partition coefficient (Wildman–Crippen LogP) is 4.86. The summed E-state index contributed by atoms with van der Waals surface area (Å²) in [7, 11) is 2.88. The number of pyridine rings is 1. The SMILES string of the molecule is COC(=O)c1ccccc1NC(=S)N(Cc1ccc(F)cc1)Cc1cc2cc(OC)ccc2[nH]c1=O. The number of aromatic nitrogens is 1. The number of esters is 1. The molecular weight excluding hydrogens is 481 g/mol. The van der Waals surface area contributed by atoms with Crippen molar-refractivity contribution < 1.29 is 18.7 Å². The van der Waals surface area contributed by atoms with Crippen molar-refractivity contribution in [1.29, 1.82) is 0 Å². The summed E-state index contributed by atoms with van der Waals surface area (Å²) in [5, 5.41) is 4.19. The Labute approximate surface area is 212 Å². The van der Waals surface area contributed by atoms with E-state index in [1.165, 1.54) is 19.2 Å². The molecule has 184 valence electrons. The Balaban J connectivity index is 1.68. The van der Waals surface area contributed by atoms with Gasteiger partial charge in [-0.3, -0.25) is 4.79 Å². The number of anilines is 1. The first-order valence-corrected chi connectivity index (χ1v) is 11.5. The molecule has 1 heterocycles. The van der Waals surface area contributed by atoms with Crippen molar-refractivity contribution in [3.05, 3.63) is 106 Å². The molecule has 0 fully saturated rings. The third-order valence-electron chi connectivity index (χ3n) is 5.64. The maximum Gasteiger partial charge on any atom is 0.339 e. The number of carbonyl (C=O) groups is 1. The zero-order valence-corrected chi connectivity index (χ0v) is 20.5. The van der Waals surface area contributed by atoms with Gasteiger partial charge in [-0.1, -0.05) is 24.3 Å². The number of thiocarbonyl (C=S) groups is 1. The Bertz CT molecular complexity index is 1470. The van der Waals surface area contributed by atoms with Gasteiger partial charge in [0.2, 0.25) is 0 Å². The molecule has 9 heteroatoms. The summed E-state index contributed by atoms with van der Waals surface area (Å²) >= 11 is 5.70. The molecule has 0 atom stereocenters. The van der Waals surface area contributed by atoms with Crippen LogP contribution >= 0.6 is 12.2 Å². The zero-order chi connectivity index (χ0) is 25.7. The molecule has 0 saturated heterocycles. The molecule has 1 aromatic heterocycles. The van der Waals surface area contributed by atoms with E-state index in [-0.39, 0.29) is 23.0 Å². The minimum absolute atomic E-state index is 0.159. The van der Waals surface area contributed by atoms with Crippen LogP contribution in [0.25, 0.3) is 10.9 Å². The van der Waals surface area contributed by atoms with Crippen molar-refractivity contribution in [2.75, 3.05) is 19.5 Å². The van der Waals surface area contributed by atoms with Crippen LogP contribution in [0.2, 0.25) is 0 Å². The van der Waals surface area contributed by atoms with Crippen molar-refractivity contribution >= 4 is 39.9 Å². The zero-order valence-electron chi connectivity index (χ0n) is 19.7. The van der Waals surface area contributed by atoms with E-state index in [0.29, 0.717) is 34.6 Å². The highest BCUT2D eigenvalue weighted by Crippen LogP contribution is 2.21. The average molecular weight is 506 g/mol. The van der Waals surface area contributed by atoms with Gasteiger partial charge in [-0.25, -0.2) is 9.18 Å². The number of hydrogen-bond donors (Lipinski definition) is 2. The van der Waals surface area contributed by atoms with Gasteiger partial charge in [-0.05, 0) is 66.3 Å².